The average Bonchev–Trinajstić information content (AvgIpc) is 2.35. The standard InChI is InChI=1S/C13H19N5O/c1-9(2)6-16-13(14)17-8-11-4-5-12(15-7-11)18-10(3)19/h4-5,7H,1,6,8H2,2-3H3,(H3,14,16,17)(H,15,18,19). The Kier molecular flexibility index (Phi) is 5.53. The lowest BCUT2D eigenvalue weighted by atomic mass is 10.3. The molecule has 19 heavy (non-hydrogen) atoms. The van der Waals surface area contributed by atoms with Crippen LogP contribution in [0, 0.1) is 0 Å². The van der Waals surface area contributed by atoms with Crippen molar-refractivity contribution in [2.45, 2.75) is 20.4 Å². The predicted molar refractivity (Wildman–Crippen MR) is 76.7 cm³/mol. The summed E-state index contributed by atoms with van der Waals surface area (Å²) in [6, 6.07) is 3.57. The molecule has 0 radical (unpaired) electrons. The van der Waals surface area contributed by atoms with Crippen molar-refractivity contribution in [2.24, 2.45) is 10.7 Å². The summed E-state index contributed by atoms with van der Waals surface area (Å²) in [6.07, 6.45) is 1.65. The van der Waals surface area contributed by atoms with Crippen LogP contribution in [-0.4, -0.2) is 23.4 Å². The lowest BCUT2D eigenvalue weighted by molar-refractivity contribution is -0.114. The summed E-state index contributed by atoms with van der Waals surface area (Å²) >= 11 is 0. The number of aliphatic imine (C=N–C) groups is 1. The van der Waals surface area contributed by atoms with Gasteiger partial charge in [0.1, 0.15) is 5.82 Å². The third-order valence-electron chi connectivity index (χ3n) is 2.13. The lowest BCUT2D eigenvalue weighted by Crippen LogP contribution is -2.32. The Morgan fingerprint density at radius 3 is 2.74 bits per heavy atom. The van der Waals surface area contributed by atoms with E-state index in [-0.39, 0.29) is 5.91 Å². The molecule has 0 spiro atoms. The van der Waals surface area contributed by atoms with Gasteiger partial charge in [-0.05, 0) is 18.6 Å². The molecule has 1 aromatic heterocycles. The van der Waals surface area contributed by atoms with Gasteiger partial charge < -0.3 is 16.4 Å². The van der Waals surface area contributed by atoms with E-state index in [0.717, 1.165) is 11.1 Å². The fourth-order valence-electron chi connectivity index (χ4n) is 1.25. The van der Waals surface area contributed by atoms with E-state index < -0.39 is 0 Å². The van der Waals surface area contributed by atoms with Crippen LogP contribution in [0.25, 0.3) is 0 Å². The van der Waals surface area contributed by atoms with E-state index in [2.05, 4.69) is 27.2 Å². The molecule has 0 saturated heterocycles. The Hall–Kier alpha value is -2.37. The Morgan fingerprint density at radius 1 is 1.47 bits per heavy atom. The Balaban J connectivity index is 2.51. The molecule has 1 heterocycles. The predicted octanol–water partition coefficient (Wildman–Crippen LogP) is 1.02. The molecule has 0 bridgehead atoms. The monoisotopic (exact) mass is 261 g/mol. The fourth-order valence-corrected chi connectivity index (χ4v) is 1.25. The summed E-state index contributed by atoms with van der Waals surface area (Å²) in [5.74, 6) is 0.744. The van der Waals surface area contributed by atoms with Crippen molar-refractivity contribution in [3.05, 3.63) is 36.0 Å². The Labute approximate surface area is 112 Å². The number of nitrogens with one attached hydrogen (secondary N) is 2. The second-order valence-corrected chi connectivity index (χ2v) is 4.25. The van der Waals surface area contributed by atoms with E-state index in [9.17, 15) is 4.79 Å². The number of hydrogen-bond donors (Lipinski definition) is 3. The molecule has 6 heteroatoms. The molecule has 0 saturated carbocycles. The third kappa shape index (κ3) is 6.21. The van der Waals surface area contributed by atoms with Crippen LogP contribution in [0.4, 0.5) is 5.82 Å². The quantitative estimate of drug-likeness (QED) is 0.419. The van der Waals surface area contributed by atoms with Crippen molar-refractivity contribution in [3.63, 3.8) is 0 Å². The van der Waals surface area contributed by atoms with Crippen molar-refractivity contribution in [2.75, 3.05) is 11.9 Å². The highest BCUT2D eigenvalue weighted by Crippen LogP contribution is 2.05. The van der Waals surface area contributed by atoms with Crippen LogP contribution >= 0.6 is 0 Å². The largest absolute Gasteiger partial charge is 0.370 e. The highest BCUT2D eigenvalue weighted by atomic mass is 16.1. The minimum atomic E-state index is -0.147. The van der Waals surface area contributed by atoms with Crippen molar-refractivity contribution in [1.29, 1.82) is 0 Å². The maximum absolute atomic E-state index is 10.8. The van der Waals surface area contributed by atoms with Crippen LogP contribution in [0.5, 0.6) is 0 Å². The molecule has 1 aromatic rings. The maximum atomic E-state index is 10.8. The molecule has 0 aliphatic carbocycles. The molecule has 0 fully saturated rings. The van der Waals surface area contributed by atoms with Crippen LogP contribution in [-0.2, 0) is 11.3 Å². The van der Waals surface area contributed by atoms with Gasteiger partial charge in [-0.15, -0.1) is 0 Å². The number of hydrogen-bond acceptors (Lipinski definition) is 3. The second kappa shape index (κ2) is 7.15. The zero-order chi connectivity index (χ0) is 14.3. The molecule has 4 N–H and O–H groups in total. The van der Waals surface area contributed by atoms with Crippen LogP contribution in [0.2, 0.25) is 0 Å². The van der Waals surface area contributed by atoms with Crippen molar-refractivity contribution < 1.29 is 4.79 Å². The van der Waals surface area contributed by atoms with Gasteiger partial charge in [0, 0.05) is 19.7 Å². The zero-order valence-corrected chi connectivity index (χ0v) is 11.2. The minimum Gasteiger partial charge on any atom is -0.370 e. The van der Waals surface area contributed by atoms with Crippen molar-refractivity contribution in [3.8, 4) is 0 Å². The normalized spacial score (nSPS) is 10.9. The molecule has 1 amide bonds. The second-order valence-electron chi connectivity index (χ2n) is 4.25. The van der Waals surface area contributed by atoms with Gasteiger partial charge in [-0.25, -0.2) is 9.98 Å². The fraction of sp³-hybridized carbons (Fsp3) is 0.308. The minimum absolute atomic E-state index is 0.147. The van der Waals surface area contributed by atoms with E-state index in [1.165, 1.54) is 6.92 Å². The summed E-state index contributed by atoms with van der Waals surface area (Å²) in [4.78, 5) is 19.1. The molecular formula is C13H19N5O. The molecule has 1 rings (SSSR count). The molecule has 0 unspecified atom stereocenters. The van der Waals surface area contributed by atoms with Crippen LogP contribution < -0.4 is 16.4 Å². The molecule has 0 aliphatic rings. The van der Waals surface area contributed by atoms with Gasteiger partial charge in [0.2, 0.25) is 5.91 Å². The van der Waals surface area contributed by atoms with Gasteiger partial charge in [0.05, 0.1) is 6.54 Å². The summed E-state index contributed by atoms with van der Waals surface area (Å²) in [5, 5.41) is 5.54. The third-order valence-corrected chi connectivity index (χ3v) is 2.13. The maximum Gasteiger partial charge on any atom is 0.222 e. The molecule has 0 atom stereocenters. The summed E-state index contributed by atoms with van der Waals surface area (Å²) in [5.41, 5.74) is 7.58. The Bertz CT molecular complexity index is 478. The first-order valence-corrected chi connectivity index (χ1v) is 5.88. The Morgan fingerprint density at radius 2 is 2.21 bits per heavy atom. The number of amides is 1. The number of carbonyl (C=O) groups excluding carboxylic acids is 1. The van der Waals surface area contributed by atoms with E-state index in [0.29, 0.717) is 24.9 Å². The van der Waals surface area contributed by atoms with E-state index in [1.54, 1.807) is 12.3 Å². The topological polar surface area (TPSA) is 92.4 Å². The smallest absolute Gasteiger partial charge is 0.222 e. The van der Waals surface area contributed by atoms with E-state index in [1.807, 2.05) is 13.0 Å². The molecule has 6 nitrogen and oxygen atoms in total. The van der Waals surface area contributed by atoms with Gasteiger partial charge in [-0.3, -0.25) is 4.79 Å². The number of rotatable bonds is 5. The van der Waals surface area contributed by atoms with Gasteiger partial charge in [0.15, 0.2) is 5.96 Å². The van der Waals surface area contributed by atoms with Crippen molar-refractivity contribution in [1.82, 2.24) is 10.3 Å². The molecule has 0 aromatic carbocycles. The van der Waals surface area contributed by atoms with Gasteiger partial charge in [-0.2, -0.15) is 0 Å². The number of anilines is 1. The molecule has 102 valence electrons. The number of aromatic nitrogens is 1. The lowest BCUT2D eigenvalue weighted by Gasteiger charge is -2.05. The first-order chi connectivity index (χ1) is 8.97. The first kappa shape index (κ1) is 14.7. The number of nitrogens with two attached hydrogens (primary N) is 1. The van der Waals surface area contributed by atoms with Gasteiger partial charge >= 0.3 is 0 Å². The summed E-state index contributed by atoms with van der Waals surface area (Å²) in [6.45, 7) is 8.15. The molecule has 0 aliphatic heterocycles. The SMILES string of the molecule is C=C(C)CNC(N)=NCc1ccc(NC(C)=O)nc1. The average molecular weight is 261 g/mol. The van der Waals surface area contributed by atoms with E-state index >= 15 is 0 Å². The van der Waals surface area contributed by atoms with Crippen LogP contribution in [0.1, 0.15) is 19.4 Å². The van der Waals surface area contributed by atoms with Gasteiger partial charge in [-0.1, -0.05) is 18.2 Å². The first-order valence-electron chi connectivity index (χ1n) is 5.88. The molecular weight excluding hydrogens is 242 g/mol. The summed E-state index contributed by atoms with van der Waals surface area (Å²) < 4.78 is 0. The summed E-state index contributed by atoms with van der Waals surface area (Å²) in [7, 11) is 0. The van der Waals surface area contributed by atoms with Crippen LogP contribution in [0.15, 0.2) is 35.5 Å². The number of nitrogens with zero attached hydrogens (tertiary/aromatic N) is 2. The van der Waals surface area contributed by atoms with Crippen LogP contribution in [0.3, 0.4) is 0 Å². The highest BCUT2D eigenvalue weighted by molar-refractivity contribution is 5.87. The number of carbonyl (C=O) groups is 1. The van der Waals surface area contributed by atoms with E-state index in [4.69, 9.17) is 5.73 Å². The van der Waals surface area contributed by atoms with Crippen molar-refractivity contribution >= 4 is 17.7 Å². The number of guanidine groups is 1. The highest BCUT2D eigenvalue weighted by Gasteiger charge is 1.98. The number of pyridine rings is 1. The van der Waals surface area contributed by atoms with Gasteiger partial charge in [0.25, 0.3) is 0 Å². The zero-order valence-electron chi connectivity index (χ0n) is 11.2.